The van der Waals surface area contributed by atoms with E-state index in [1.54, 1.807) is 0 Å². The second-order valence-corrected chi connectivity index (χ2v) is 4.93. The van der Waals surface area contributed by atoms with Crippen molar-refractivity contribution in [1.82, 2.24) is 10.0 Å². The van der Waals surface area contributed by atoms with Crippen LogP contribution in [0, 0.1) is 23.3 Å². The lowest BCUT2D eigenvalue weighted by Gasteiger charge is -2.32. The molecule has 0 bridgehead atoms. The zero-order valence-electron chi connectivity index (χ0n) is 11.0. The van der Waals surface area contributed by atoms with Crippen LogP contribution < -0.4 is 0 Å². The number of hydrogen-bond donors (Lipinski definition) is 0. The first-order valence-corrected chi connectivity index (χ1v) is 6.37. The number of nitrogens with zero attached hydrogens (tertiary/aromatic N) is 2. The smallest absolute Gasteiger partial charge is 0.273 e. The monoisotopic (exact) mass is 316 g/mol. The van der Waals surface area contributed by atoms with E-state index in [1.807, 2.05) is 0 Å². The van der Waals surface area contributed by atoms with Crippen molar-refractivity contribution in [1.29, 1.82) is 0 Å². The minimum Gasteiger partial charge on any atom is -0.273 e. The summed E-state index contributed by atoms with van der Waals surface area (Å²) in [5.74, 6) is -10.4. The van der Waals surface area contributed by atoms with Crippen LogP contribution in [0.2, 0.25) is 0 Å². The summed E-state index contributed by atoms with van der Waals surface area (Å²) in [6, 6.07) is 0. The first-order valence-electron chi connectivity index (χ1n) is 6.37. The molecule has 3 amide bonds. The largest absolute Gasteiger partial charge is 0.276 e. The van der Waals surface area contributed by atoms with Crippen molar-refractivity contribution in [2.45, 2.75) is 25.8 Å². The zero-order valence-corrected chi connectivity index (χ0v) is 11.0. The maximum absolute atomic E-state index is 13.7. The Morgan fingerprint density at radius 1 is 0.773 bits per heavy atom. The minimum absolute atomic E-state index is 0.0143. The lowest BCUT2D eigenvalue weighted by molar-refractivity contribution is -0.163. The number of imide groups is 1. The summed E-state index contributed by atoms with van der Waals surface area (Å²) in [5.41, 5.74) is -1.71. The third kappa shape index (κ3) is 1.81. The SMILES string of the molecule is O=C1c2c(F)c(F)c(F)c(F)c2CN1N1C(=O)CCCC1=O. The van der Waals surface area contributed by atoms with E-state index in [1.165, 1.54) is 0 Å². The highest BCUT2D eigenvalue weighted by atomic mass is 19.2. The Balaban J connectivity index is 2.08. The van der Waals surface area contributed by atoms with E-state index in [9.17, 15) is 31.9 Å². The molecular formula is C13H8F4N2O3. The molecule has 0 spiro atoms. The van der Waals surface area contributed by atoms with Crippen LogP contribution in [0.4, 0.5) is 17.6 Å². The molecule has 0 aromatic heterocycles. The Bertz CT molecular complexity index is 719. The number of fused-ring (bicyclic) bond motifs is 1. The number of benzene rings is 1. The van der Waals surface area contributed by atoms with Gasteiger partial charge in [0.25, 0.3) is 5.91 Å². The van der Waals surface area contributed by atoms with Gasteiger partial charge in [0.1, 0.15) is 0 Å². The normalized spacial score (nSPS) is 18.3. The fraction of sp³-hybridized carbons (Fsp3) is 0.308. The van der Waals surface area contributed by atoms with Gasteiger partial charge in [-0.25, -0.2) is 22.6 Å². The van der Waals surface area contributed by atoms with Gasteiger partial charge < -0.3 is 0 Å². The predicted molar refractivity (Wildman–Crippen MR) is 61.9 cm³/mol. The second-order valence-electron chi connectivity index (χ2n) is 4.93. The summed E-state index contributed by atoms with van der Waals surface area (Å²) < 4.78 is 53.9. The fourth-order valence-corrected chi connectivity index (χ4v) is 2.57. The number of hydrogen-bond acceptors (Lipinski definition) is 3. The molecule has 5 nitrogen and oxygen atoms in total. The highest BCUT2D eigenvalue weighted by Crippen LogP contribution is 2.33. The van der Waals surface area contributed by atoms with Gasteiger partial charge in [0.2, 0.25) is 11.8 Å². The van der Waals surface area contributed by atoms with Gasteiger partial charge >= 0.3 is 0 Å². The van der Waals surface area contributed by atoms with Crippen molar-refractivity contribution in [2.24, 2.45) is 0 Å². The van der Waals surface area contributed by atoms with Gasteiger partial charge in [0, 0.05) is 18.4 Å². The summed E-state index contributed by atoms with van der Waals surface area (Å²) in [7, 11) is 0. The van der Waals surface area contributed by atoms with Gasteiger partial charge in [-0.3, -0.25) is 14.4 Å². The minimum atomic E-state index is -2.11. The van der Waals surface area contributed by atoms with Crippen LogP contribution in [0.15, 0.2) is 0 Å². The third-order valence-electron chi connectivity index (χ3n) is 3.62. The molecule has 0 aliphatic carbocycles. The van der Waals surface area contributed by atoms with Gasteiger partial charge in [-0.1, -0.05) is 0 Å². The molecule has 0 saturated carbocycles. The molecule has 3 rings (SSSR count). The van der Waals surface area contributed by atoms with E-state index in [-0.39, 0.29) is 12.8 Å². The van der Waals surface area contributed by atoms with Crippen LogP contribution in [-0.2, 0) is 16.1 Å². The van der Waals surface area contributed by atoms with E-state index in [4.69, 9.17) is 0 Å². The topological polar surface area (TPSA) is 57.7 Å². The summed E-state index contributed by atoms with van der Waals surface area (Å²) >= 11 is 0. The predicted octanol–water partition coefficient (Wildman–Crippen LogP) is 1.65. The maximum atomic E-state index is 13.7. The number of carbonyl (C=O) groups is 3. The molecule has 9 heteroatoms. The second kappa shape index (κ2) is 4.79. The van der Waals surface area contributed by atoms with Crippen molar-refractivity contribution < 1.29 is 31.9 Å². The van der Waals surface area contributed by atoms with E-state index in [0.29, 0.717) is 16.4 Å². The van der Waals surface area contributed by atoms with Crippen LogP contribution in [0.25, 0.3) is 0 Å². The number of hydrazine groups is 1. The first-order chi connectivity index (χ1) is 10.3. The number of rotatable bonds is 1. The lowest BCUT2D eigenvalue weighted by atomic mass is 10.1. The van der Waals surface area contributed by atoms with Gasteiger partial charge in [-0.2, -0.15) is 5.01 Å². The van der Waals surface area contributed by atoms with Crippen LogP contribution in [0.1, 0.15) is 35.2 Å². The number of carbonyl (C=O) groups excluding carboxylic acids is 3. The van der Waals surface area contributed by atoms with Gasteiger partial charge in [-0.05, 0) is 6.42 Å². The van der Waals surface area contributed by atoms with Crippen molar-refractivity contribution in [3.63, 3.8) is 0 Å². The molecule has 116 valence electrons. The summed E-state index contributed by atoms with van der Waals surface area (Å²) in [4.78, 5) is 35.6. The third-order valence-corrected chi connectivity index (χ3v) is 3.62. The highest BCUT2D eigenvalue weighted by molar-refractivity contribution is 6.04. The Hall–Kier alpha value is -2.45. The molecule has 2 heterocycles. The molecule has 1 fully saturated rings. The molecular weight excluding hydrogens is 308 g/mol. The van der Waals surface area contributed by atoms with Crippen LogP contribution in [-0.4, -0.2) is 27.7 Å². The summed E-state index contributed by atoms with van der Waals surface area (Å²) in [6.07, 6.45) is 0.272. The highest BCUT2D eigenvalue weighted by Gasteiger charge is 2.43. The van der Waals surface area contributed by atoms with Crippen molar-refractivity contribution in [3.8, 4) is 0 Å². The van der Waals surface area contributed by atoms with Crippen LogP contribution in [0.5, 0.6) is 0 Å². The van der Waals surface area contributed by atoms with Crippen molar-refractivity contribution >= 4 is 17.7 Å². The van der Waals surface area contributed by atoms with Gasteiger partial charge in [-0.15, -0.1) is 0 Å². The summed E-state index contributed by atoms with van der Waals surface area (Å²) in [6.45, 7) is -0.717. The van der Waals surface area contributed by atoms with E-state index in [2.05, 4.69) is 0 Å². The number of piperidine rings is 1. The van der Waals surface area contributed by atoms with Crippen LogP contribution in [0.3, 0.4) is 0 Å². The fourth-order valence-electron chi connectivity index (χ4n) is 2.57. The lowest BCUT2D eigenvalue weighted by Crippen LogP contribution is -2.52. The maximum Gasteiger partial charge on any atom is 0.276 e. The summed E-state index contributed by atoms with van der Waals surface area (Å²) in [5, 5.41) is 1.00. The van der Waals surface area contributed by atoms with E-state index >= 15 is 0 Å². The Morgan fingerprint density at radius 3 is 1.91 bits per heavy atom. The molecule has 0 radical (unpaired) electrons. The standard InChI is InChI=1S/C13H8F4N2O3/c14-9-5-4-18(19-6(20)2-1-3-7(19)21)13(22)8(5)10(15)12(17)11(9)16/h1-4H2. The van der Waals surface area contributed by atoms with E-state index < -0.39 is 58.7 Å². The van der Waals surface area contributed by atoms with Crippen molar-refractivity contribution in [3.05, 3.63) is 34.4 Å². The molecule has 2 aliphatic rings. The van der Waals surface area contributed by atoms with Gasteiger partial charge in [0.15, 0.2) is 23.3 Å². The number of amides is 3. The molecule has 22 heavy (non-hydrogen) atoms. The Kier molecular flexibility index (Phi) is 3.15. The van der Waals surface area contributed by atoms with E-state index in [0.717, 1.165) is 0 Å². The Morgan fingerprint density at radius 2 is 1.32 bits per heavy atom. The molecule has 0 atom stereocenters. The van der Waals surface area contributed by atoms with Crippen LogP contribution >= 0.6 is 0 Å². The molecule has 2 aliphatic heterocycles. The average molecular weight is 316 g/mol. The van der Waals surface area contributed by atoms with Crippen molar-refractivity contribution in [2.75, 3.05) is 0 Å². The van der Waals surface area contributed by atoms with Gasteiger partial charge in [0.05, 0.1) is 12.1 Å². The number of halogens is 4. The Labute approximate surface area is 121 Å². The molecule has 0 N–H and O–H groups in total. The molecule has 1 aromatic carbocycles. The first kappa shape index (κ1) is 14.5. The molecule has 1 aromatic rings. The average Bonchev–Trinajstić information content (AvgIpc) is 2.81. The zero-order chi connectivity index (χ0) is 16.2. The molecule has 1 saturated heterocycles. The molecule has 0 unspecified atom stereocenters. The quantitative estimate of drug-likeness (QED) is 0.343.